The quantitative estimate of drug-likeness (QED) is 0.296. The lowest BCUT2D eigenvalue weighted by molar-refractivity contribution is 0.712. The maximum atomic E-state index is 5.02. The number of aliphatic imine (C=N–C) groups is 2. The van der Waals surface area contributed by atoms with Crippen molar-refractivity contribution in [2.75, 3.05) is 4.90 Å². The van der Waals surface area contributed by atoms with E-state index in [1.54, 1.807) is 6.20 Å². The smallest absolute Gasteiger partial charge is 0.220 e. The summed E-state index contributed by atoms with van der Waals surface area (Å²) < 4.78 is 0. The third-order valence-corrected chi connectivity index (χ3v) is 6.02. The molecule has 0 saturated heterocycles. The van der Waals surface area contributed by atoms with Crippen LogP contribution in [0.2, 0.25) is 0 Å². The van der Waals surface area contributed by atoms with Crippen molar-refractivity contribution in [3.63, 3.8) is 0 Å². The number of anilines is 1. The molecule has 0 aliphatic carbocycles. The predicted molar refractivity (Wildman–Crippen MR) is 142 cm³/mol. The van der Waals surface area contributed by atoms with Crippen molar-refractivity contribution in [2.24, 2.45) is 9.98 Å². The van der Waals surface area contributed by atoms with E-state index in [1.807, 2.05) is 41.7 Å². The van der Waals surface area contributed by atoms with Gasteiger partial charge >= 0.3 is 0 Å². The average Bonchev–Trinajstić information content (AvgIpc) is 2.92. The summed E-state index contributed by atoms with van der Waals surface area (Å²) in [5.41, 5.74) is 3.97. The first-order valence-electron chi connectivity index (χ1n) is 11.3. The predicted octanol–water partition coefficient (Wildman–Crippen LogP) is 6.61. The molecule has 0 amide bonds. The van der Waals surface area contributed by atoms with Gasteiger partial charge in [0, 0.05) is 24.2 Å². The number of hydrogen-bond donors (Lipinski definition) is 0. The number of nitrogens with zero attached hydrogens (tertiary/aromatic N) is 4. The highest BCUT2D eigenvalue weighted by Gasteiger charge is 2.20. The summed E-state index contributed by atoms with van der Waals surface area (Å²) in [6, 6.07) is 33.5. The summed E-state index contributed by atoms with van der Waals surface area (Å²) in [6.07, 6.45) is 9.16. The van der Waals surface area contributed by atoms with Crippen LogP contribution in [-0.4, -0.2) is 23.2 Å². The Morgan fingerprint density at radius 2 is 1.47 bits per heavy atom. The zero-order chi connectivity index (χ0) is 22.7. The van der Waals surface area contributed by atoms with Crippen LogP contribution in [0.25, 0.3) is 21.5 Å². The summed E-state index contributed by atoms with van der Waals surface area (Å²) in [4.78, 5) is 16.2. The zero-order valence-corrected chi connectivity index (χ0v) is 18.5. The molecule has 1 aliphatic heterocycles. The van der Waals surface area contributed by atoms with E-state index >= 15 is 0 Å². The highest BCUT2D eigenvalue weighted by atomic mass is 15.3. The van der Waals surface area contributed by atoms with Gasteiger partial charge in [0.15, 0.2) is 0 Å². The minimum absolute atomic E-state index is 0.429. The minimum atomic E-state index is -0.429. The van der Waals surface area contributed by atoms with Crippen molar-refractivity contribution in [3.8, 4) is 0 Å². The van der Waals surface area contributed by atoms with Gasteiger partial charge in [-0.25, -0.2) is 9.98 Å². The van der Waals surface area contributed by atoms with Crippen LogP contribution >= 0.6 is 0 Å². The maximum absolute atomic E-state index is 5.02. The number of pyridine rings is 1. The molecule has 0 N–H and O–H groups in total. The number of benzene rings is 4. The fourth-order valence-electron chi connectivity index (χ4n) is 4.25. The first-order chi connectivity index (χ1) is 16.8. The van der Waals surface area contributed by atoms with Crippen molar-refractivity contribution in [1.29, 1.82) is 0 Å². The summed E-state index contributed by atoms with van der Waals surface area (Å²) in [7, 11) is 0. The Hall–Kier alpha value is -4.57. The van der Waals surface area contributed by atoms with Crippen LogP contribution < -0.4 is 4.90 Å². The van der Waals surface area contributed by atoms with E-state index < -0.39 is 6.29 Å². The number of hydrogen-bond acceptors (Lipinski definition) is 4. The first-order valence-corrected chi connectivity index (χ1v) is 11.3. The molecule has 4 aromatic carbocycles. The van der Waals surface area contributed by atoms with Crippen LogP contribution in [0.3, 0.4) is 0 Å². The zero-order valence-electron chi connectivity index (χ0n) is 18.5. The molecular formula is C30H22N4. The Morgan fingerprint density at radius 3 is 2.24 bits per heavy atom. The minimum Gasteiger partial charge on any atom is -0.306 e. The van der Waals surface area contributed by atoms with Gasteiger partial charge in [0.05, 0.1) is 17.6 Å². The van der Waals surface area contributed by atoms with Crippen LogP contribution in [0.1, 0.15) is 11.1 Å². The van der Waals surface area contributed by atoms with E-state index in [1.165, 1.54) is 21.5 Å². The van der Waals surface area contributed by atoms with Gasteiger partial charge in [-0.2, -0.15) is 0 Å². The second-order valence-corrected chi connectivity index (χ2v) is 8.24. The first kappa shape index (κ1) is 20.1. The van der Waals surface area contributed by atoms with Crippen LogP contribution in [0, 0.1) is 0 Å². The van der Waals surface area contributed by atoms with Crippen molar-refractivity contribution >= 4 is 39.2 Å². The molecule has 2 heterocycles. The van der Waals surface area contributed by atoms with Crippen LogP contribution in [0.15, 0.2) is 132 Å². The molecule has 4 nitrogen and oxygen atoms in total. The van der Waals surface area contributed by atoms with Gasteiger partial charge in [-0.1, -0.05) is 72.8 Å². The SMILES string of the molecule is C1=CN(c2cccnc2)C(N=Cc2ccc3ccccc3c2)N=C1c1ccc2ccccc2c1. The number of allylic oxidation sites excluding steroid dienone is 1. The molecular weight excluding hydrogens is 416 g/mol. The van der Waals surface area contributed by atoms with E-state index in [2.05, 4.69) is 89.9 Å². The molecule has 5 aromatic rings. The third-order valence-electron chi connectivity index (χ3n) is 6.02. The molecule has 162 valence electrons. The monoisotopic (exact) mass is 438 g/mol. The van der Waals surface area contributed by atoms with E-state index in [4.69, 9.17) is 9.98 Å². The average molecular weight is 439 g/mol. The topological polar surface area (TPSA) is 40.9 Å². The molecule has 0 saturated carbocycles. The Morgan fingerprint density at radius 1 is 0.735 bits per heavy atom. The molecule has 0 spiro atoms. The molecule has 1 aromatic heterocycles. The molecule has 6 rings (SSSR count). The van der Waals surface area contributed by atoms with E-state index in [0.29, 0.717) is 0 Å². The van der Waals surface area contributed by atoms with Crippen LogP contribution in [0.4, 0.5) is 5.69 Å². The van der Waals surface area contributed by atoms with Gasteiger partial charge in [0.2, 0.25) is 6.29 Å². The van der Waals surface area contributed by atoms with Gasteiger partial charge in [-0.3, -0.25) is 4.98 Å². The molecule has 1 aliphatic rings. The number of aromatic nitrogens is 1. The summed E-state index contributed by atoms with van der Waals surface area (Å²) >= 11 is 0. The van der Waals surface area contributed by atoms with Gasteiger partial charge in [0.1, 0.15) is 0 Å². The van der Waals surface area contributed by atoms with Crippen LogP contribution in [0.5, 0.6) is 0 Å². The molecule has 34 heavy (non-hydrogen) atoms. The summed E-state index contributed by atoms with van der Waals surface area (Å²) in [6.45, 7) is 0. The standard InChI is InChI=1S/C30H22N4/c1-3-8-25-18-22(11-12-23(25)6-1)20-32-30-33-29(15-17-34(30)28-10-5-16-31-21-28)27-14-13-24-7-2-4-9-26(24)19-27/h1-21,30H. The van der Waals surface area contributed by atoms with Gasteiger partial charge in [0.25, 0.3) is 0 Å². The lowest BCUT2D eigenvalue weighted by atomic mass is 10.0. The Bertz CT molecular complexity index is 1570. The molecule has 1 atom stereocenters. The largest absolute Gasteiger partial charge is 0.306 e. The fourth-order valence-corrected chi connectivity index (χ4v) is 4.25. The second kappa shape index (κ2) is 8.75. The molecule has 0 fully saturated rings. The molecule has 1 unspecified atom stereocenters. The van der Waals surface area contributed by atoms with E-state index in [-0.39, 0.29) is 0 Å². The molecule has 0 bridgehead atoms. The summed E-state index contributed by atoms with van der Waals surface area (Å²) in [5.74, 6) is 0. The Labute approximate surface area is 198 Å². The second-order valence-electron chi connectivity index (χ2n) is 8.24. The van der Waals surface area contributed by atoms with Crippen molar-refractivity contribution in [3.05, 3.63) is 133 Å². The van der Waals surface area contributed by atoms with Crippen molar-refractivity contribution in [1.82, 2.24) is 4.98 Å². The Kier molecular flexibility index (Phi) is 5.17. The molecule has 0 radical (unpaired) electrons. The Balaban J connectivity index is 1.38. The van der Waals surface area contributed by atoms with Gasteiger partial charge in [-0.05, 0) is 57.4 Å². The third kappa shape index (κ3) is 3.97. The van der Waals surface area contributed by atoms with Crippen molar-refractivity contribution < 1.29 is 0 Å². The van der Waals surface area contributed by atoms with Crippen molar-refractivity contribution in [2.45, 2.75) is 6.29 Å². The normalized spacial score (nSPS) is 15.8. The van der Waals surface area contributed by atoms with Gasteiger partial charge < -0.3 is 4.90 Å². The highest BCUT2D eigenvalue weighted by molar-refractivity contribution is 6.11. The van der Waals surface area contributed by atoms with Gasteiger partial charge in [-0.15, -0.1) is 0 Å². The molecule has 4 heteroatoms. The maximum Gasteiger partial charge on any atom is 0.220 e. The highest BCUT2D eigenvalue weighted by Crippen LogP contribution is 2.24. The number of rotatable bonds is 4. The summed E-state index contributed by atoms with van der Waals surface area (Å²) in [5, 5.41) is 4.82. The van der Waals surface area contributed by atoms with Crippen LogP contribution in [-0.2, 0) is 0 Å². The van der Waals surface area contributed by atoms with E-state index in [9.17, 15) is 0 Å². The fraction of sp³-hybridized carbons (Fsp3) is 0.0333. The number of fused-ring (bicyclic) bond motifs is 2. The van der Waals surface area contributed by atoms with E-state index in [0.717, 1.165) is 22.5 Å². The lowest BCUT2D eigenvalue weighted by Gasteiger charge is -2.28. The lowest BCUT2D eigenvalue weighted by Crippen LogP contribution is -2.31.